The van der Waals surface area contributed by atoms with Crippen molar-refractivity contribution >= 4 is 5.69 Å². The first-order chi connectivity index (χ1) is 9.95. The molecular weight excluding hydrogens is 270 g/mol. The normalized spacial score (nSPS) is 18.4. The first kappa shape index (κ1) is 15.9. The fourth-order valence-corrected chi connectivity index (χ4v) is 2.96. The van der Waals surface area contributed by atoms with Crippen LogP contribution in [-0.2, 0) is 0 Å². The summed E-state index contributed by atoms with van der Waals surface area (Å²) in [6, 6.07) is 6.74. The van der Waals surface area contributed by atoms with Crippen LogP contribution in [0.2, 0.25) is 0 Å². The molecule has 1 heterocycles. The average Bonchev–Trinajstić information content (AvgIpc) is 2.49. The van der Waals surface area contributed by atoms with Gasteiger partial charge >= 0.3 is 0 Å². The van der Waals surface area contributed by atoms with Crippen LogP contribution in [0.3, 0.4) is 0 Å². The summed E-state index contributed by atoms with van der Waals surface area (Å²) < 4.78 is 0. The number of nitrogens with zero attached hydrogens (tertiary/aromatic N) is 2. The van der Waals surface area contributed by atoms with E-state index in [1.807, 2.05) is 26.0 Å². The molecule has 1 aliphatic rings. The molecule has 0 aromatic heterocycles. The average molecular weight is 293 g/mol. The number of non-ortho nitro benzene ring substituents is 1. The Bertz CT molecular complexity index is 481. The summed E-state index contributed by atoms with van der Waals surface area (Å²) in [5.74, 6) is 0. The van der Waals surface area contributed by atoms with Gasteiger partial charge in [0.05, 0.1) is 4.92 Å². The molecule has 0 unspecified atom stereocenters. The number of nitro benzene ring substituents is 1. The van der Waals surface area contributed by atoms with Gasteiger partial charge < -0.3 is 10.4 Å². The minimum atomic E-state index is -0.388. The van der Waals surface area contributed by atoms with E-state index in [0.29, 0.717) is 0 Å². The number of aliphatic hydroxyl groups is 1. The highest BCUT2D eigenvalue weighted by Gasteiger charge is 2.35. The molecule has 0 bridgehead atoms. The van der Waals surface area contributed by atoms with Gasteiger partial charge in [-0.25, -0.2) is 0 Å². The third-order valence-corrected chi connectivity index (χ3v) is 4.08. The minimum absolute atomic E-state index is 0.0467. The molecule has 0 spiro atoms. The van der Waals surface area contributed by atoms with Crippen LogP contribution in [0, 0.1) is 15.5 Å². The van der Waals surface area contributed by atoms with Gasteiger partial charge in [0, 0.05) is 56.4 Å². The molecule has 116 valence electrons. The summed E-state index contributed by atoms with van der Waals surface area (Å²) >= 11 is 0. The van der Waals surface area contributed by atoms with Crippen molar-refractivity contribution in [3.05, 3.63) is 39.9 Å². The minimum Gasteiger partial charge on any atom is -0.396 e. The molecule has 2 rings (SSSR count). The van der Waals surface area contributed by atoms with Crippen LogP contribution in [0.4, 0.5) is 5.69 Å². The quantitative estimate of drug-likeness (QED) is 0.636. The van der Waals surface area contributed by atoms with Crippen LogP contribution in [0.15, 0.2) is 24.3 Å². The van der Waals surface area contributed by atoms with Gasteiger partial charge in [0.25, 0.3) is 5.69 Å². The molecule has 2 N–H and O–H groups in total. The Morgan fingerprint density at radius 3 is 2.38 bits per heavy atom. The topological polar surface area (TPSA) is 78.6 Å². The van der Waals surface area contributed by atoms with Crippen LogP contribution in [0.25, 0.3) is 0 Å². The van der Waals surface area contributed by atoms with E-state index in [4.69, 9.17) is 0 Å². The van der Waals surface area contributed by atoms with Gasteiger partial charge in [0.1, 0.15) is 0 Å². The Morgan fingerprint density at radius 2 is 1.90 bits per heavy atom. The molecule has 1 saturated heterocycles. The third kappa shape index (κ3) is 3.58. The van der Waals surface area contributed by atoms with Gasteiger partial charge in [-0.05, 0) is 5.56 Å². The van der Waals surface area contributed by atoms with Gasteiger partial charge in [-0.15, -0.1) is 0 Å². The van der Waals surface area contributed by atoms with Crippen molar-refractivity contribution in [2.24, 2.45) is 5.41 Å². The van der Waals surface area contributed by atoms with E-state index < -0.39 is 0 Å². The maximum absolute atomic E-state index is 10.8. The maximum atomic E-state index is 10.8. The number of nitro groups is 1. The summed E-state index contributed by atoms with van der Waals surface area (Å²) in [6.07, 6.45) is 0. The van der Waals surface area contributed by atoms with Crippen LogP contribution < -0.4 is 5.32 Å². The van der Waals surface area contributed by atoms with E-state index in [2.05, 4.69) is 10.2 Å². The number of piperazine rings is 1. The predicted molar refractivity (Wildman–Crippen MR) is 81.1 cm³/mol. The van der Waals surface area contributed by atoms with Crippen LogP contribution in [0.5, 0.6) is 0 Å². The molecule has 1 aromatic rings. The molecular formula is C15H23N3O3. The van der Waals surface area contributed by atoms with Crippen LogP contribution in [-0.4, -0.2) is 47.7 Å². The molecule has 1 aromatic carbocycles. The second-order valence-electron chi connectivity index (χ2n) is 6.18. The highest BCUT2D eigenvalue weighted by molar-refractivity contribution is 5.35. The number of nitrogens with one attached hydrogen (secondary N) is 1. The molecule has 6 nitrogen and oxygen atoms in total. The summed E-state index contributed by atoms with van der Waals surface area (Å²) in [5, 5.41) is 23.9. The lowest BCUT2D eigenvalue weighted by atomic mass is 9.79. The zero-order valence-electron chi connectivity index (χ0n) is 12.6. The van der Waals surface area contributed by atoms with E-state index in [1.54, 1.807) is 0 Å². The molecule has 21 heavy (non-hydrogen) atoms. The number of benzene rings is 1. The zero-order chi connectivity index (χ0) is 15.5. The van der Waals surface area contributed by atoms with Crippen molar-refractivity contribution in [3.8, 4) is 0 Å². The predicted octanol–water partition coefficient (Wildman–Crippen LogP) is 1.56. The van der Waals surface area contributed by atoms with Crippen molar-refractivity contribution < 1.29 is 10.0 Å². The maximum Gasteiger partial charge on any atom is 0.269 e. The molecule has 1 atom stereocenters. The summed E-state index contributed by atoms with van der Waals surface area (Å²) in [4.78, 5) is 12.7. The molecule has 6 heteroatoms. The second kappa shape index (κ2) is 6.51. The van der Waals surface area contributed by atoms with Crippen molar-refractivity contribution in [1.29, 1.82) is 0 Å². The Balaban J connectivity index is 2.32. The van der Waals surface area contributed by atoms with E-state index in [-0.39, 0.29) is 28.7 Å². The van der Waals surface area contributed by atoms with Gasteiger partial charge in [-0.2, -0.15) is 0 Å². The fraction of sp³-hybridized carbons (Fsp3) is 0.600. The van der Waals surface area contributed by atoms with Crippen LogP contribution in [0.1, 0.15) is 25.5 Å². The van der Waals surface area contributed by atoms with Crippen molar-refractivity contribution in [2.75, 3.05) is 32.8 Å². The summed E-state index contributed by atoms with van der Waals surface area (Å²) in [6.45, 7) is 7.78. The number of rotatable bonds is 5. The largest absolute Gasteiger partial charge is 0.396 e. The molecule has 0 radical (unpaired) electrons. The van der Waals surface area contributed by atoms with Gasteiger partial charge in [-0.1, -0.05) is 26.0 Å². The molecule has 0 aliphatic carbocycles. The highest BCUT2D eigenvalue weighted by atomic mass is 16.6. The molecule has 0 saturated carbocycles. The van der Waals surface area contributed by atoms with E-state index >= 15 is 0 Å². The molecule has 1 fully saturated rings. The first-order valence-corrected chi connectivity index (χ1v) is 7.26. The molecule has 0 amide bonds. The third-order valence-electron chi connectivity index (χ3n) is 4.08. The number of hydrogen-bond acceptors (Lipinski definition) is 5. The lowest BCUT2D eigenvalue weighted by Gasteiger charge is -2.43. The lowest BCUT2D eigenvalue weighted by Crippen LogP contribution is -2.49. The zero-order valence-corrected chi connectivity index (χ0v) is 12.6. The number of hydrogen-bond donors (Lipinski definition) is 2. The Labute approximate surface area is 124 Å². The molecule has 1 aliphatic heterocycles. The Morgan fingerprint density at radius 1 is 1.33 bits per heavy atom. The van der Waals surface area contributed by atoms with Gasteiger partial charge in [0.2, 0.25) is 0 Å². The van der Waals surface area contributed by atoms with Crippen molar-refractivity contribution in [1.82, 2.24) is 10.2 Å². The summed E-state index contributed by atoms with van der Waals surface area (Å²) in [5.41, 5.74) is 0.800. The Hall–Kier alpha value is -1.50. The highest BCUT2D eigenvalue weighted by Crippen LogP contribution is 2.38. The van der Waals surface area contributed by atoms with Crippen LogP contribution >= 0.6 is 0 Å². The first-order valence-electron chi connectivity index (χ1n) is 7.26. The number of aliphatic hydroxyl groups excluding tert-OH is 1. The van der Waals surface area contributed by atoms with E-state index in [1.165, 1.54) is 12.1 Å². The lowest BCUT2D eigenvalue weighted by molar-refractivity contribution is -0.384. The second-order valence-corrected chi connectivity index (χ2v) is 6.18. The van der Waals surface area contributed by atoms with Crippen molar-refractivity contribution in [2.45, 2.75) is 19.9 Å². The standard InChI is InChI=1S/C15H23N3O3/c1-15(2,11-19)14(17-9-7-16-8-10-17)12-3-5-13(6-4-12)18(20)21/h3-6,14,16,19H,7-11H2,1-2H3/t14-/m0/s1. The SMILES string of the molecule is CC(C)(CO)[C@H](c1ccc([N+](=O)[O-])cc1)N1CCNCC1. The fourth-order valence-electron chi connectivity index (χ4n) is 2.96. The monoisotopic (exact) mass is 293 g/mol. The summed E-state index contributed by atoms with van der Waals surface area (Å²) in [7, 11) is 0. The van der Waals surface area contributed by atoms with E-state index in [9.17, 15) is 15.2 Å². The van der Waals surface area contributed by atoms with Crippen molar-refractivity contribution in [3.63, 3.8) is 0 Å². The Kier molecular flexibility index (Phi) is 4.92. The van der Waals surface area contributed by atoms with E-state index in [0.717, 1.165) is 31.7 Å². The smallest absolute Gasteiger partial charge is 0.269 e. The van der Waals surface area contributed by atoms with Gasteiger partial charge in [-0.3, -0.25) is 15.0 Å². The van der Waals surface area contributed by atoms with Gasteiger partial charge in [0.15, 0.2) is 0 Å².